The highest BCUT2D eigenvalue weighted by Gasteiger charge is 2.00. The van der Waals surface area contributed by atoms with Crippen molar-refractivity contribution in [2.75, 3.05) is 24.7 Å². The number of hydrogen-bond donors (Lipinski definition) is 1. The van der Waals surface area contributed by atoms with Gasteiger partial charge in [0, 0.05) is 12.6 Å². The third kappa shape index (κ3) is 10.4. The molecule has 0 saturated heterocycles. The molecule has 0 aliphatic rings. The zero-order valence-corrected chi connectivity index (χ0v) is 10.8. The minimum atomic E-state index is 0.350. The van der Waals surface area contributed by atoms with Crippen LogP contribution in [0.3, 0.4) is 0 Å². The molecule has 0 aliphatic heterocycles. The molecule has 1 unspecified atom stereocenters. The van der Waals surface area contributed by atoms with Crippen LogP contribution in [0.4, 0.5) is 0 Å². The minimum Gasteiger partial charge on any atom is -0.377 e. The van der Waals surface area contributed by atoms with Crippen molar-refractivity contribution in [1.29, 1.82) is 0 Å². The Morgan fingerprint density at radius 2 is 2.00 bits per heavy atom. The lowest BCUT2D eigenvalue weighted by molar-refractivity contribution is 0.0796. The van der Waals surface area contributed by atoms with Crippen molar-refractivity contribution < 1.29 is 4.74 Å². The number of rotatable bonds is 9. The van der Waals surface area contributed by atoms with Crippen LogP contribution in [0.15, 0.2) is 0 Å². The zero-order chi connectivity index (χ0) is 10.8. The van der Waals surface area contributed by atoms with E-state index in [0.717, 1.165) is 13.2 Å². The van der Waals surface area contributed by atoms with Crippen LogP contribution in [0, 0.1) is 0 Å². The van der Waals surface area contributed by atoms with E-state index >= 15 is 0 Å². The molecule has 0 radical (unpaired) electrons. The van der Waals surface area contributed by atoms with Gasteiger partial charge in [0.25, 0.3) is 0 Å². The molecule has 0 saturated carbocycles. The van der Waals surface area contributed by atoms with Gasteiger partial charge in [-0.3, -0.25) is 0 Å². The average Bonchev–Trinajstić information content (AvgIpc) is 2.13. The van der Waals surface area contributed by atoms with Crippen molar-refractivity contribution in [3.8, 4) is 0 Å². The summed E-state index contributed by atoms with van der Waals surface area (Å²) in [6.07, 6.45) is 1.60. The van der Waals surface area contributed by atoms with E-state index in [0.29, 0.717) is 12.1 Å². The van der Waals surface area contributed by atoms with E-state index in [2.05, 4.69) is 33.0 Å². The maximum atomic E-state index is 5.45. The number of thioether (sulfide) groups is 1. The molecule has 0 aromatic carbocycles. The smallest absolute Gasteiger partial charge is 0.0594 e. The summed E-state index contributed by atoms with van der Waals surface area (Å²) in [7, 11) is 0. The Labute approximate surface area is 93.2 Å². The van der Waals surface area contributed by atoms with E-state index < -0.39 is 0 Å². The van der Waals surface area contributed by atoms with Gasteiger partial charge in [-0.2, -0.15) is 11.8 Å². The van der Waals surface area contributed by atoms with Crippen LogP contribution in [0.2, 0.25) is 0 Å². The molecule has 1 atom stereocenters. The quantitative estimate of drug-likeness (QED) is 0.602. The predicted molar refractivity (Wildman–Crippen MR) is 66.2 cm³/mol. The summed E-state index contributed by atoms with van der Waals surface area (Å²) in [5.74, 6) is 2.49. The second-order valence-electron chi connectivity index (χ2n) is 3.76. The third-order valence-corrected chi connectivity index (χ3v) is 2.88. The predicted octanol–water partition coefficient (Wildman–Crippen LogP) is 2.53. The van der Waals surface area contributed by atoms with E-state index in [1.54, 1.807) is 0 Å². The van der Waals surface area contributed by atoms with E-state index in [4.69, 9.17) is 4.74 Å². The van der Waals surface area contributed by atoms with Gasteiger partial charge in [-0.15, -0.1) is 0 Å². The van der Waals surface area contributed by atoms with Crippen molar-refractivity contribution in [2.45, 2.75) is 46.3 Å². The van der Waals surface area contributed by atoms with Gasteiger partial charge in [-0.25, -0.2) is 0 Å². The third-order valence-electron chi connectivity index (χ3n) is 1.95. The lowest BCUT2D eigenvalue weighted by atomic mass is 10.2. The van der Waals surface area contributed by atoms with Gasteiger partial charge in [0.2, 0.25) is 0 Å². The molecule has 0 bridgehead atoms. The Kier molecular flexibility index (Phi) is 10.0. The Balaban J connectivity index is 3.14. The van der Waals surface area contributed by atoms with Gasteiger partial charge < -0.3 is 10.1 Å². The first-order valence-corrected chi connectivity index (χ1v) is 6.75. The highest BCUT2D eigenvalue weighted by atomic mass is 32.2. The zero-order valence-electron chi connectivity index (χ0n) is 10.0. The van der Waals surface area contributed by atoms with Crippen LogP contribution >= 0.6 is 11.8 Å². The van der Waals surface area contributed by atoms with Crippen LogP contribution in [0.1, 0.15) is 34.1 Å². The molecule has 3 heteroatoms. The van der Waals surface area contributed by atoms with Crippen molar-refractivity contribution >= 4 is 11.8 Å². The number of nitrogens with one attached hydrogen (secondary N) is 1. The molecule has 0 aromatic heterocycles. The molecule has 0 spiro atoms. The van der Waals surface area contributed by atoms with Crippen LogP contribution in [0.25, 0.3) is 0 Å². The minimum absolute atomic E-state index is 0.350. The monoisotopic (exact) mass is 219 g/mol. The van der Waals surface area contributed by atoms with Crippen molar-refractivity contribution in [1.82, 2.24) is 5.32 Å². The first-order chi connectivity index (χ1) is 6.66. The lowest BCUT2D eigenvalue weighted by Gasteiger charge is -2.14. The summed E-state index contributed by atoms with van der Waals surface area (Å²) in [5, 5.41) is 3.46. The maximum absolute atomic E-state index is 5.45. The van der Waals surface area contributed by atoms with E-state index in [1.807, 2.05) is 11.8 Å². The van der Waals surface area contributed by atoms with E-state index in [9.17, 15) is 0 Å². The molecule has 0 aliphatic carbocycles. The summed E-state index contributed by atoms with van der Waals surface area (Å²) in [6, 6.07) is 0.616. The first-order valence-electron chi connectivity index (χ1n) is 5.59. The molecular weight excluding hydrogens is 194 g/mol. The van der Waals surface area contributed by atoms with Crippen LogP contribution in [0.5, 0.6) is 0 Å². The lowest BCUT2D eigenvalue weighted by Crippen LogP contribution is -2.30. The fourth-order valence-electron chi connectivity index (χ4n) is 1.11. The van der Waals surface area contributed by atoms with Gasteiger partial charge in [-0.1, -0.05) is 6.92 Å². The van der Waals surface area contributed by atoms with Gasteiger partial charge in [0.05, 0.1) is 12.7 Å². The van der Waals surface area contributed by atoms with Crippen molar-refractivity contribution in [3.05, 3.63) is 0 Å². The molecule has 14 heavy (non-hydrogen) atoms. The molecule has 0 fully saturated rings. The van der Waals surface area contributed by atoms with E-state index in [-0.39, 0.29) is 0 Å². The highest BCUT2D eigenvalue weighted by Crippen LogP contribution is 2.03. The summed E-state index contributed by atoms with van der Waals surface area (Å²) in [5.41, 5.74) is 0. The van der Waals surface area contributed by atoms with Gasteiger partial charge in [-0.05, 0) is 38.7 Å². The molecule has 0 rings (SSSR count). The van der Waals surface area contributed by atoms with Crippen LogP contribution in [-0.4, -0.2) is 36.8 Å². The molecule has 0 aromatic rings. The molecule has 0 amide bonds. The topological polar surface area (TPSA) is 21.3 Å². The normalized spacial score (nSPS) is 13.5. The second kappa shape index (κ2) is 9.81. The fraction of sp³-hybridized carbons (Fsp3) is 1.00. The van der Waals surface area contributed by atoms with Crippen molar-refractivity contribution in [2.24, 2.45) is 0 Å². The Hall–Kier alpha value is 0.270. The van der Waals surface area contributed by atoms with Gasteiger partial charge in [0.15, 0.2) is 0 Å². The first kappa shape index (κ1) is 14.3. The number of hydrogen-bond acceptors (Lipinski definition) is 3. The SMILES string of the molecule is CCSCCC(C)NCCOC(C)C. The largest absolute Gasteiger partial charge is 0.377 e. The standard InChI is InChI=1S/C11H25NOS/c1-5-14-9-6-11(4)12-7-8-13-10(2)3/h10-12H,5-9H2,1-4H3. The Morgan fingerprint density at radius 3 is 2.57 bits per heavy atom. The fourth-order valence-corrected chi connectivity index (χ4v) is 1.92. The highest BCUT2D eigenvalue weighted by molar-refractivity contribution is 7.99. The Morgan fingerprint density at radius 1 is 1.29 bits per heavy atom. The molecular formula is C11H25NOS. The van der Waals surface area contributed by atoms with Crippen LogP contribution in [-0.2, 0) is 4.74 Å². The molecule has 0 heterocycles. The maximum Gasteiger partial charge on any atom is 0.0594 e. The Bertz CT molecular complexity index is 120. The van der Waals surface area contributed by atoms with Crippen molar-refractivity contribution in [3.63, 3.8) is 0 Å². The molecule has 2 nitrogen and oxygen atoms in total. The molecule has 1 N–H and O–H groups in total. The number of ether oxygens (including phenoxy) is 1. The summed E-state index contributed by atoms with van der Waals surface area (Å²) >= 11 is 2.01. The average molecular weight is 219 g/mol. The van der Waals surface area contributed by atoms with Crippen LogP contribution < -0.4 is 5.32 Å². The summed E-state index contributed by atoms with van der Waals surface area (Å²) in [4.78, 5) is 0. The van der Waals surface area contributed by atoms with Gasteiger partial charge in [0.1, 0.15) is 0 Å². The second-order valence-corrected chi connectivity index (χ2v) is 5.15. The van der Waals surface area contributed by atoms with E-state index in [1.165, 1.54) is 17.9 Å². The summed E-state index contributed by atoms with van der Waals surface area (Å²) in [6.45, 7) is 10.4. The van der Waals surface area contributed by atoms with Gasteiger partial charge >= 0.3 is 0 Å². The molecule has 86 valence electrons. The summed E-state index contributed by atoms with van der Waals surface area (Å²) < 4.78 is 5.45.